The second-order valence-electron chi connectivity index (χ2n) is 10.7. The molecule has 3 fully saturated rings. The first-order valence-corrected chi connectivity index (χ1v) is 14.4. The Kier molecular flexibility index (Phi) is 8.66. The molecule has 3 heterocycles. The van der Waals surface area contributed by atoms with Gasteiger partial charge in [0.15, 0.2) is 0 Å². The summed E-state index contributed by atoms with van der Waals surface area (Å²) in [6.07, 6.45) is 6.84. The third-order valence-corrected chi connectivity index (χ3v) is 10.2. The van der Waals surface area contributed by atoms with Crippen LogP contribution in [0.15, 0.2) is 30.3 Å². The van der Waals surface area contributed by atoms with Gasteiger partial charge in [0.2, 0.25) is 17.7 Å². The number of likely N-dealkylation sites (tertiary alicyclic amines) is 1. The second-order valence-corrected chi connectivity index (χ2v) is 12.6. The molecule has 0 radical (unpaired) electrons. The number of benzene rings is 1. The molecule has 3 saturated heterocycles. The standard InChI is InChI=1S/C28H41N3O4S/c1-3-4-16-29-25(34)23-28-15-14-27(2,36-28)21(24(33)30-19-20-12-8-7-9-13-20)22(28)26(35)31(23)17-10-5-6-11-18-32/h7-9,12-13,21-23,32H,3-6,10-11,14-19H2,1-2H3,(H,29,34)(H,30,33)/t21-,22+,23?,27+,28?/m1/s1. The smallest absolute Gasteiger partial charge is 0.244 e. The van der Waals surface area contributed by atoms with Gasteiger partial charge in [-0.3, -0.25) is 14.4 Å². The van der Waals surface area contributed by atoms with Crippen molar-refractivity contribution in [1.82, 2.24) is 15.5 Å². The van der Waals surface area contributed by atoms with Crippen LogP contribution in [-0.2, 0) is 20.9 Å². The molecule has 0 saturated carbocycles. The molecule has 3 N–H and O–H groups in total. The zero-order chi connectivity index (χ0) is 25.8. The van der Waals surface area contributed by atoms with Gasteiger partial charge >= 0.3 is 0 Å². The molecular formula is C28H41N3O4S. The van der Waals surface area contributed by atoms with Crippen molar-refractivity contribution < 1.29 is 19.5 Å². The average molecular weight is 516 g/mol. The highest BCUT2D eigenvalue weighted by Crippen LogP contribution is 2.71. The van der Waals surface area contributed by atoms with Crippen LogP contribution in [0.2, 0.25) is 0 Å². The molecule has 1 aromatic rings. The third-order valence-electron chi connectivity index (χ3n) is 8.25. The van der Waals surface area contributed by atoms with E-state index in [4.69, 9.17) is 5.11 Å². The Labute approximate surface area is 219 Å². The molecule has 5 atom stereocenters. The van der Waals surface area contributed by atoms with Crippen LogP contribution in [0.3, 0.4) is 0 Å². The van der Waals surface area contributed by atoms with Crippen molar-refractivity contribution in [3.8, 4) is 0 Å². The van der Waals surface area contributed by atoms with E-state index >= 15 is 0 Å². The number of rotatable bonds is 13. The number of amides is 3. The van der Waals surface area contributed by atoms with Crippen molar-refractivity contribution in [2.45, 2.75) is 87.3 Å². The van der Waals surface area contributed by atoms with Crippen molar-refractivity contribution in [2.24, 2.45) is 11.8 Å². The topological polar surface area (TPSA) is 98.7 Å². The largest absolute Gasteiger partial charge is 0.396 e. The number of fused-ring (bicyclic) bond motifs is 1. The first-order chi connectivity index (χ1) is 17.4. The average Bonchev–Trinajstić information content (AvgIpc) is 3.44. The molecule has 4 rings (SSSR count). The predicted octanol–water partition coefficient (Wildman–Crippen LogP) is 3.25. The molecule has 0 aromatic heterocycles. The summed E-state index contributed by atoms with van der Waals surface area (Å²) in [4.78, 5) is 43.0. The van der Waals surface area contributed by atoms with Crippen LogP contribution in [0, 0.1) is 11.8 Å². The summed E-state index contributed by atoms with van der Waals surface area (Å²) >= 11 is 1.72. The summed E-state index contributed by atoms with van der Waals surface area (Å²) in [7, 11) is 0. The fourth-order valence-electron chi connectivity index (χ4n) is 6.50. The van der Waals surface area contributed by atoms with E-state index in [0.717, 1.165) is 56.9 Å². The van der Waals surface area contributed by atoms with E-state index in [2.05, 4.69) is 24.5 Å². The minimum atomic E-state index is -0.554. The minimum Gasteiger partial charge on any atom is -0.396 e. The first kappa shape index (κ1) is 27.0. The number of nitrogens with zero attached hydrogens (tertiary/aromatic N) is 1. The van der Waals surface area contributed by atoms with Gasteiger partial charge < -0.3 is 20.6 Å². The van der Waals surface area contributed by atoms with E-state index < -0.39 is 22.6 Å². The number of hydrogen-bond acceptors (Lipinski definition) is 5. The second kappa shape index (κ2) is 11.5. The number of unbranched alkanes of at least 4 members (excludes halogenated alkanes) is 4. The van der Waals surface area contributed by atoms with E-state index in [0.29, 0.717) is 19.6 Å². The fourth-order valence-corrected chi connectivity index (χ4v) is 8.85. The Morgan fingerprint density at radius 2 is 1.81 bits per heavy atom. The molecule has 36 heavy (non-hydrogen) atoms. The van der Waals surface area contributed by atoms with Gasteiger partial charge in [-0.1, -0.05) is 56.5 Å². The number of carbonyl (C=O) groups is 3. The highest BCUT2D eigenvalue weighted by Gasteiger charge is 2.76. The highest BCUT2D eigenvalue weighted by molar-refractivity contribution is 8.02. The Hall–Kier alpha value is -2.06. The molecule has 7 nitrogen and oxygen atoms in total. The van der Waals surface area contributed by atoms with Gasteiger partial charge in [-0.05, 0) is 44.6 Å². The quantitative estimate of drug-likeness (QED) is 0.350. The monoisotopic (exact) mass is 515 g/mol. The van der Waals surface area contributed by atoms with E-state index in [-0.39, 0.29) is 29.1 Å². The first-order valence-electron chi connectivity index (χ1n) is 13.6. The predicted molar refractivity (Wildman–Crippen MR) is 142 cm³/mol. The summed E-state index contributed by atoms with van der Waals surface area (Å²) in [6, 6.07) is 9.27. The van der Waals surface area contributed by atoms with Crippen molar-refractivity contribution in [3.05, 3.63) is 35.9 Å². The molecule has 3 amide bonds. The molecule has 1 aromatic carbocycles. The summed E-state index contributed by atoms with van der Waals surface area (Å²) in [5, 5.41) is 15.3. The molecule has 3 aliphatic rings. The zero-order valence-corrected chi connectivity index (χ0v) is 22.4. The Morgan fingerprint density at radius 1 is 1.06 bits per heavy atom. The van der Waals surface area contributed by atoms with Gasteiger partial charge in [-0.2, -0.15) is 0 Å². The molecule has 3 aliphatic heterocycles. The maximum absolute atomic E-state index is 14.0. The molecule has 2 bridgehead atoms. The van der Waals surface area contributed by atoms with Crippen molar-refractivity contribution in [3.63, 3.8) is 0 Å². The normalized spacial score (nSPS) is 30.5. The van der Waals surface area contributed by atoms with Crippen molar-refractivity contribution in [2.75, 3.05) is 19.7 Å². The summed E-state index contributed by atoms with van der Waals surface area (Å²) < 4.78 is -0.905. The Balaban J connectivity index is 1.56. The number of hydrogen-bond donors (Lipinski definition) is 3. The SMILES string of the molecule is CCCCNC(=O)C1N(CCCCCCO)C(=O)[C@@H]2[C@H](C(=O)NCc3ccccc3)[C@]3(C)CCC12S3. The molecule has 198 valence electrons. The van der Waals surface area contributed by atoms with Gasteiger partial charge in [-0.15, -0.1) is 11.8 Å². The van der Waals surface area contributed by atoms with Crippen LogP contribution in [0.25, 0.3) is 0 Å². The lowest BCUT2D eigenvalue weighted by atomic mass is 9.66. The number of thioether (sulfide) groups is 1. The zero-order valence-electron chi connectivity index (χ0n) is 21.6. The molecule has 8 heteroatoms. The van der Waals surface area contributed by atoms with Gasteiger partial charge in [0, 0.05) is 31.0 Å². The number of nitrogens with one attached hydrogen (secondary N) is 2. The lowest BCUT2D eigenvalue weighted by molar-refractivity contribution is -0.140. The lowest BCUT2D eigenvalue weighted by Crippen LogP contribution is -2.54. The maximum atomic E-state index is 14.0. The van der Waals surface area contributed by atoms with Crippen molar-refractivity contribution in [1.29, 1.82) is 0 Å². The van der Waals surface area contributed by atoms with Gasteiger partial charge in [0.05, 0.1) is 16.6 Å². The fraction of sp³-hybridized carbons (Fsp3) is 0.679. The van der Waals surface area contributed by atoms with E-state index in [9.17, 15) is 14.4 Å². The number of aliphatic hydroxyl groups excluding tert-OH is 1. The molecule has 1 spiro atoms. The molecular weight excluding hydrogens is 474 g/mol. The summed E-state index contributed by atoms with van der Waals surface area (Å²) in [5.74, 6) is -1.11. The van der Waals surface area contributed by atoms with Gasteiger partial charge in [0.1, 0.15) is 6.04 Å². The molecule has 0 aliphatic carbocycles. The number of carbonyl (C=O) groups excluding carboxylic acids is 3. The third kappa shape index (κ3) is 5.03. The van der Waals surface area contributed by atoms with E-state index in [1.165, 1.54) is 0 Å². The highest BCUT2D eigenvalue weighted by atomic mass is 32.2. The lowest BCUT2D eigenvalue weighted by Gasteiger charge is -2.35. The maximum Gasteiger partial charge on any atom is 0.244 e. The van der Waals surface area contributed by atoms with E-state index in [1.807, 2.05) is 30.3 Å². The van der Waals surface area contributed by atoms with E-state index in [1.54, 1.807) is 16.7 Å². The summed E-state index contributed by atoms with van der Waals surface area (Å²) in [5.41, 5.74) is 1.02. The van der Waals surface area contributed by atoms with Crippen LogP contribution in [0.4, 0.5) is 0 Å². The van der Waals surface area contributed by atoms with Crippen molar-refractivity contribution >= 4 is 29.5 Å². The Bertz CT molecular complexity index is 944. The number of aliphatic hydroxyl groups is 1. The van der Waals surface area contributed by atoms with Crippen LogP contribution in [-0.4, -0.2) is 63.0 Å². The van der Waals surface area contributed by atoms with Gasteiger partial charge in [0.25, 0.3) is 0 Å². The van der Waals surface area contributed by atoms with Gasteiger partial charge in [-0.25, -0.2) is 0 Å². The Morgan fingerprint density at radius 3 is 2.53 bits per heavy atom. The molecule has 2 unspecified atom stereocenters. The summed E-state index contributed by atoms with van der Waals surface area (Å²) in [6.45, 7) is 5.92. The van der Waals surface area contributed by atoms with Crippen LogP contribution >= 0.6 is 11.8 Å². The van der Waals surface area contributed by atoms with Crippen LogP contribution in [0.5, 0.6) is 0 Å². The van der Waals surface area contributed by atoms with Crippen LogP contribution in [0.1, 0.15) is 70.8 Å². The van der Waals surface area contributed by atoms with Crippen LogP contribution < -0.4 is 10.6 Å². The minimum absolute atomic E-state index is 0.0383.